The van der Waals surface area contributed by atoms with E-state index in [0.29, 0.717) is 21.5 Å². The number of carbonyl (C=O) groups is 2. The van der Waals surface area contributed by atoms with Gasteiger partial charge in [-0.1, -0.05) is 12.1 Å². The Morgan fingerprint density at radius 3 is 2.64 bits per heavy atom. The fourth-order valence-corrected chi connectivity index (χ4v) is 2.72. The molecule has 28 heavy (non-hydrogen) atoms. The van der Waals surface area contributed by atoms with Crippen molar-refractivity contribution in [1.82, 2.24) is 5.43 Å². The topological polar surface area (TPSA) is 121 Å². The van der Waals surface area contributed by atoms with E-state index >= 15 is 0 Å². The van der Waals surface area contributed by atoms with Gasteiger partial charge >= 0.3 is 5.97 Å². The average Bonchev–Trinajstić information content (AvgIpc) is 2.67. The van der Waals surface area contributed by atoms with Crippen LogP contribution in [0, 0.1) is 11.3 Å². The van der Waals surface area contributed by atoms with Crippen molar-refractivity contribution in [2.45, 2.75) is 13.0 Å². The highest BCUT2D eigenvalue weighted by molar-refractivity contribution is 9.10. The van der Waals surface area contributed by atoms with Gasteiger partial charge in [0.1, 0.15) is 13.0 Å². The molecule has 0 fully saturated rings. The van der Waals surface area contributed by atoms with Crippen LogP contribution in [0.2, 0.25) is 0 Å². The molecule has 0 bridgehead atoms. The smallest absolute Gasteiger partial charge is 0.335 e. The second-order valence-corrected chi connectivity index (χ2v) is 6.31. The molecule has 0 spiro atoms. The Balaban J connectivity index is 2.10. The number of nitriles is 1. The lowest BCUT2D eigenvalue weighted by Crippen LogP contribution is -2.16. The Hall–Kier alpha value is -3.38. The molecular weight excluding hydrogens is 430 g/mol. The molecule has 2 N–H and O–H groups in total. The number of hydrazone groups is 1. The lowest BCUT2D eigenvalue weighted by atomic mass is 10.1. The summed E-state index contributed by atoms with van der Waals surface area (Å²) in [5, 5.41) is 21.1. The number of nitrogens with zero attached hydrogens (tertiary/aromatic N) is 2. The Morgan fingerprint density at radius 1 is 1.32 bits per heavy atom. The van der Waals surface area contributed by atoms with Crippen molar-refractivity contribution in [3.8, 4) is 17.6 Å². The number of hydrogen-bond acceptors (Lipinski definition) is 6. The summed E-state index contributed by atoms with van der Waals surface area (Å²) in [5.74, 6) is -0.576. The third kappa shape index (κ3) is 5.82. The highest BCUT2D eigenvalue weighted by Gasteiger charge is 2.12. The van der Waals surface area contributed by atoms with Gasteiger partial charge in [-0.15, -0.1) is 0 Å². The minimum Gasteiger partial charge on any atom is -0.493 e. The van der Waals surface area contributed by atoms with Crippen molar-refractivity contribution >= 4 is 34.0 Å². The number of aromatic carboxylic acids is 1. The molecule has 0 aromatic heterocycles. The van der Waals surface area contributed by atoms with Gasteiger partial charge in [-0.2, -0.15) is 10.4 Å². The number of nitrogens with one attached hydrogen (secondary N) is 1. The zero-order valence-electron chi connectivity index (χ0n) is 14.8. The van der Waals surface area contributed by atoms with E-state index in [0.717, 1.165) is 5.56 Å². The van der Waals surface area contributed by atoms with Crippen molar-refractivity contribution in [3.63, 3.8) is 0 Å². The van der Waals surface area contributed by atoms with Crippen LogP contribution in [0.5, 0.6) is 11.5 Å². The van der Waals surface area contributed by atoms with Gasteiger partial charge in [-0.05, 0) is 51.3 Å². The predicted octanol–water partition coefficient (Wildman–Crippen LogP) is 3.10. The number of carboxylic acids is 1. The molecule has 0 aliphatic heterocycles. The Morgan fingerprint density at radius 2 is 2.04 bits per heavy atom. The Bertz CT molecular complexity index is 936. The van der Waals surface area contributed by atoms with Crippen LogP contribution in [-0.2, 0) is 11.4 Å². The first-order valence-electron chi connectivity index (χ1n) is 7.96. The van der Waals surface area contributed by atoms with Crippen LogP contribution in [0.25, 0.3) is 0 Å². The quantitative estimate of drug-likeness (QED) is 0.475. The Kier molecular flexibility index (Phi) is 7.54. The summed E-state index contributed by atoms with van der Waals surface area (Å²) in [7, 11) is 1.49. The first-order chi connectivity index (χ1) is 13.4. The van der Waals surface area contributed by atoms with E-state index in [1.807, 2.05) is 0 Å². The summed E-state index contributed by atoms with van der Waals surface area (Å²) in [6, 6.07) is 11.5. The molecule has 0 aliphatic rings. The maximum atomic E-state index is 11.2. The van der Waals surface area contributed by atoms with Crippen LogP contribution in [0.15, 0.2) is 46.0 Å². The third-order valence-electron chi connectivity index (χ3n) is 3.48. The monoisotopic (exact) mass is 445 g/mol. The first-order valence-corrected chi connectivity index (χ1v) is 8.75. The maximum Gasteiger partial charge on any atom is 0.335 e. The molecule has 2 aromatic rings. The van der Waals surface area contributed by atoms with Crippen LogP contribution in [0.4, 0.5) is 0 Å². The number of amides is 1. The van der Waals surface area contributed by atoms with Crippen LogP contribution >= 0.6 is 15.9 Å². The van der Waals surface area contributed by atoms with E-state index in [1.165, 1.54) is 25.5 Å². The van der Waals surface area contributed by atoms with E-state index in [1.54, 1.807) is 30.3 Å². The van der Waals surface area contributed by atoms with Gasteiger partial charge in [-0.25, -0.2) is 10.2 Å². The number of ether oxygens (including phenoxy) is 2. The number of benzene rings is 2. The molecule has 2 aromatic carbocycles. The summed E-state index contributed by atoms with van der Waals surface area (Å²) >= 11 is 3.41. The highest BCUT2D eigenvalue weighted by Crippen LogP contribution is 2.36. The number of methoxy groups -OCH3 is 1. The summed E-state index contributed by atoms with van der Waals surface area (Å²) in [6.45, 7) is 0.215. The standard InChI is InChI=1S/C19H16BrN3O5/c1-27-16-9-13(10-22-23-17(24)6-7-21)8-15(20)18(16)28-11-12-2-4-14(5-3-12)19(25)26/h2-5,8-10H,6,11H2,1H3,(H,23,24)(H,25,26)/b22-10+. The van der Waals surface area contributed by atoms with Crippen molar-refractivity contribution in [2.75, 3.05) is 7.11 Å². The van der Waals surface area contributed by atoms with E-state index in [4.69, 9.17) is 19.8 Å². The SMILES string of the molecule is COc1cc(/C=N/NC(=O)CC#N)cc(Br)c1OCc1ccc(C(=O)O)cc1. The van der Waals surface area contributed by atoms with E-state index < -0.39 is 11.9 Å². The molecule has 0 aliphatic carbocycles. The third-order valence-corrected chi connectivity index (χ3v) is 4.07. The van der Waals surface area contributed by atoms with Gasteiger partial charge in [0.25, 0.3) is 5.91 Å². The minimum absolute atomic E-state index is 0.202. The molecule has 144 valence electrons. The second kappa shape index (κ2) is 10.1. The normalized spacial score (nSPS) is 10.3. The van der Waals surface area contributed by atoms with Gasteiger partial charge in [0.15, 0.2) is 11.5 Å². The lowest BCUT2D eigenvalue weighted by molar-refractivity contribution is -0.120. The maximum absolute atomic E-state index is 11.2. The number of carboxylic acid groups (broad SMARTS) is 1. The molecule has 0 saturated carbocycles. The molecule has 9 heteroatoms. The lowest BCUT2D eigenvalue weighted by Gasteiger charge is -2.13. The largest absolute Gasteiger partial charge is 0.493 e. The molecule has 0 unspecified atom stereocenters. The molecule has 2 rings (SSSR count). The van der Waals surface area contributed by atoms with Gasteiger partial charge in [0.05, 0.1) is 29.4 Å². The number of hydrogen-bond donors (Lipinski definition) is 2. The van der Waals surface area contributed by atoms with Crippen molar-refractivity contribution in [1.29, 1.82) is 5.26 Å². The van der Waals surface area contributed by atoms with Gasteiger partial charge in [-0.3, -0.25) is 4.79 Å². The number of halogens is 1. The van der Waals surface area contributed by atoms with Crippen LogP contribution in [0.3, 0.4) is 0 Å². The van der Waals surface area contributed by atoms with E-state index in [9.17, 15) is 9.59 Å². The summed E-state index contributed by atoms with van der Waals surface area (Å²) in [6.07, 6.45) is 1.14. The van der Waals surface area contributed by atoms with Crippen molar-refractivity contribution in [2.24, 2.45) is 5.10 Å². The van der Waals surface area contributed by atoms with Gasteiger partial charge in [0, 0.05) is 0 Å². The van der Waals surface area contributed by atoms with Gasteiger partial charge in [0.2, 0.25) is 0 Å². The molecule has 0 radical (unpaired) electrons. The number of carbonyl (C=O) groups excluding carboxylic acids is 1. The number of rotatable bonds is 8. The van der Waals surface area contributed by atoms with Crippen LogP contribution in [0.1, 0.15) is 27.9 Å². The van der Waals surface area contributed by atoms with Crippen molar-refractivity contribution < 1.29 is 24.2 Å². The van der Waals surface area contributed by atoms with Crippen LogP contribution in [-0.4, -0.2) is 30.3 Å². The molecule has 8 nitrogen and oxygen atoms in total. The van der Waals surface area contributed by atoms with Crippen LogP contribution < -0.4 is 14.9 Å². The molecular formula is C19H16BrN3O5. The van der Waals surface area contributed by atoms with Gasteiger partial charge < -0.3 is 14.6 Å². The fraction of sp³-hybridized carbons (Fsp3) is 0.158. The highest BCUT2D eigenvalue weighted by atomic mass is 79.9. The zero-order valence-corrected chi connectivity index (χ0v) is 16.4. The van der Waals surface area contributed by atoms with E-state index in [-0.39, 0.29) is 18.6 Å². The zero-order chi connectivity index (χ0) is 20.5. The molecule has 0 atom stereocenters. The minimum atomic E-state index is -0.988. The molecule has 0 saturated heterocycles. The van der Waals surface area contributed by atoms with Crippen molar-refractivity contribution in [3.05, 3.63) is 57.6 Å². The van der Waals surface area contributed by atoms with E-state index in [2.05, 4.69) is 26.5 Å². The molecule has 1 amide bonds. The predicted molar refractivity (Wildman–Crippen MR) is 104 cm³/mol. The Labute approximate surface area is 169 Å². The summed E-state index contributed by atoms with van der Waals surface area (Å²) < 4.78 is 11.8. The first kappa shape index (κ1) is 20.9. The molecule has 0 heterocycles. The summed E-state index contributed by atoms with van der Waals surface area (Å²) in [4.78, 5) is 22.1. The summed E-state index contributed by atoms with van der Waals surface area (Å²) in [5.41, 5.74) is 3.88. The fourth-order valence-electron chi connectivity index (χ4n) is 2.14. The average molecular weight is 446 g/mol. The second-order valence-electron chi connectivity index (χ2n) is 5.45.